The summed E-state index contributed by atoms with van der Waals surface area (Å²) < 4.78 is 5.32. The first-order valence-electron chi connectivity index (χ1n) is 5.24. The molecule has 0 radical (unpaired) electrons. The molecule has 0 aliphatic heterocycles. The van der Waals surface area contributed by atoms with Crippen LogP contribution in [-0.2, 0) is 6.61 Å². The Hall–Kier alpha value is -1.85. The zero-order valence-electron chi connectivity index (χ0n) is 9.55. The molecular weight excluding hydrogens is 291 g/mol. The highest BCUT2D eigenvalue weighted by Crippen LogP contribution is 2.28. The van der Waals surface area contributed by atoms with Gasteiger partial charge in [-0.15, -0.1) is 0 Å². The summed E-state index contributed by atoms with van der Waals surface area (Å²) in [4.78, 5) is 14.1. The van der Waals surface area contributed by atoms with Crippen molar-refractivity contribution in [3.8, 4) is 5.88 Å². The molecule has 0 fully saturated rings. The fourth-order valence-corrected chi connectivity index (χ4v) is 1.95. The van der Waals surface area contributed by atoms with Gasteiger partial charge in [0.2, 0.25) is 0 Å². The monoisotopic (exact) mass is 298 g/mol. The number of pyridine rings is 1. The summed E-state index contributed by atoms with van der Waals surface area (Å²) in [5.41, 5.74) is 0.358. The Kier molecular flexibility index (Phi) is 4.19. The first kappa shape index (κ1) is 13.6. The second-order valence-electron chi connectivity index (χ2n) is 3.57. The van der Waals surface area contributed by atoms with Gasteiger partial charge in [0, 0.05) is 27.9 Å². The first-order valence-corrected chi connectivity index (χ1v) is 6.00. The minimum Gasteiger partial charge on any atom is -0.468 e. The van der Waals surface area contributed by atoms with Crippen LogP contribution in [0.5, 0.6) is 5.88 Å². The number of halogens is 2. The highest BCUT2D eigenvalue weighted by molar-refractivity contribution is 6.35. The highest BCUT2D eigenvalue weighted by Gasteiger charge is 2.16. The van der Waals surface area contributed by atoms with Gasteiger partial charge in [-0.2, -0.15) is 0 Å². The van der Waals surface area contributed by atoms with Crippen molar-refractivity contribution in [2.45, 2.75) is 6.61 Å². The van der Waals surface area contributed by atoms with Crippen molar-refractivity contribution in [2.75, 3.05) is 0 Å². The topological polar surface area (TPSA) is 65.3 Å². The van der Waals surface area contributed by atoms with Gasteiger partial charge in [0.05, 0.1) is 4.92 Å². The maximum Gasteiger partial charge on any atom is 0.330 e. The summed E-state index contributed by atoms with van der Waals surface area (Å²) in [7, 11) is 0. The fourth-order valence-electron chi connectivity index (χ4n) is 1.44. The van der Waals surface area contributed by atoms with E-state index in [1.807, 2.05) is 0 Å². The van der Waals surface area contributed by atoms with Crippen molar-refractivity contribution in [1.82, 2.24) is 4.98 Å². The number of aromatic nitrogens is 1. The number of nitro groups is 1. The Bertz CT molecular complexity index is 599. The van der Waals surface area contributed by atoms with Crippen LogP contribution in [0.4, 0.5) is 5.69 Å². The van der Waals surface area contributed by atoms with E-state index < -0.39 is 4.92 Å². The van der Waals surface area contributed by atoms with E-state index >= 15 is 0 Å². The van der Waals surface area contributed by atoms with Gasteiger partial charge in [-0.05, 0) is 18.2 Å². The molecule has 7 heteroatoms. The molecule has 0 spiro atoms. The summed E-state index contributed by atoms with van der Waals surface area (Å²) in [6, 6.07) is 7.82. The smallest absolute Gasteiger partial charge is 0.330 e. The summed E-state index contributed by atoms with van der Waals surface area (Å²) >= 11 is 12.0. The maximum atomic E-state index is 10.8. The molecule has 0 saturated heterocycles. The quantitative estimate of drug-likeness (QED) is 0.635. The summed E-state index contributed by atoms with van der Waals surface area (Å²) in [5, 5.41) is 11.7. The Labute approximate surface area is 118 Å². The molecule has 0 aliphatic carbocycles. The minimum atomic E-state index is -0.559. The van der Waals surface area contributed by atoms with Gasteiger partial charge in [-0.25, -0.2) is 4.98 Å². The normalized spacial score (nSPS) is 10.2. The lowest BCUT2D eigenvalue weighted by molar-refractivity contribution is -0.386. The van der Waals surface area contributed by atoms with Crippen LogP contribution in [0.3, 0.4) is 0 Å². The third-order valence-electron chi connectivity index (χ3n) is 2.36. The second kappa shape index (κ2) is 5.86. The van der Waals surface area contributed by atoms with E-state index in [4.69, 9.17) is 27.9 Å². The predicted octanol–water partition coefficient (Wildman–Crippen LogP) is 3.88. The van der Waals surface area contributed by atoms with Crippen LogP contribution in [-0.4, -0.2) is 9.91 Å². The Morgan fingerprint density at radius 1 is 1.21 bits per heavy atom. The standard InChI is InChI=1S/C12H8Cl2N2O3/c13-9-3-1-4-10(14)8(9)7-19-12-11(16(17)18)5-2-6-15-12/h1-6H,7H2. The molecule has 0 atom stereocenters. The van der Waals surface area contributed by atoms with E-state index in [2.05, 4.69) is 4.98 Å². The molecule has 0 amide bonds. The zero-order chi connectivity index (χ0) is 13.8. The molecule has 5 nitrogen and oxygen atoms in total. The van der Waals surface area contributed by atoms with Gasteiger partial charge in [0.25, 0.3) is 5.88 Å². The van der Waals surface area contributed by atoms with Gasteiger partial charge in [0.15, 0.2) is 0 Å². The van der Waals surface area contributed by atoms with Crippen LogP contribution in [0.1, 0.15) is 5.56 Å². The molecular formula is C12H8Cl2N2O3. The Morgan fingerprint density at radius 2 is 1.89 bits per heavy atom. The van der Waals surface area contributed by atoms with Crippen LogP contribution < -0.4 is 4.74 Å². The lowest BCUT2D eigenvalue weighted by Gasteiger charge is -2.08. The number of hydrogen-bond donors (Lipinski definition) is 0. The molecule has 0 saturated carbocycles. The van der Waals surface area contributed by atoms with Crippen molar-refractivity contribution in [1.29, 1.82) is 0 Å². The van der Waals surface area contributed by atoms with Gasteiger partial charge < -0.3 is 4.74 Å². The minimum absolute atomic E-state index is 0.0103. The predicted molar refractivity (Wildman–Crippen MR) is 71.7 cm³/mol. The van der Waals surface area contributed by atoms with E-state index in [9.17, 15) is 10.1 Å². The third-order valence-corrected chi connectivity index (χ3v) is 3.07. The number of hydrogen-bond acceptors (Lipinski definition) is 4. The Morgan fingerprint density at radius 3 is 2.53 bits per heavy atom. The number of rotatable bonds is 4. The van der Waals surface area contributed by atoms with Gasteiger partial charge in [-0.1, -0.05) is 29.3 Å². The maximum absolute atomic E-state index is 10.8. The summed E-state index contributed by atoms with van der Waals surface area (Å²) in [6.07, 6.45) is 1.41. The van der Waals surface area contributed by atoms with Crippen molar-refractivity contribution >= 4 is 28.9 Å². The van der Waals surface area contributed by atoms with Crippen LogP contribution in [0.25, 0.3) is 0 Å². The molecule has 0 bridgehead atoms. The highest BCUT2D eigenvalue weighted by atomic mass is 35.5. The van der Waals surface area contributed by atoms with Crippen molar-refractivity contribution in [3.05, 3.63) is 62.3 Å². The molecule has 1 heterocycles. The van der Waals surface area contributed by atoms with Gasteiger partial charge in [-0.3, -0.25) is 10.1 Å². The third kappa shape index (κ3) is 3.13. The number of nitrogens with zero attached hydrogens (tertiary/aromatic N) is 2. The van der Waals surface area contributed by atoms with Crippen molar-refractivity contribution in [3.63, 3.8) is 0 Å². The fraction of sp³-hybridized carbons (Fsp3) is 0.0833. The largest absolute Gasteiger partial charge is 0.468 e. The number of ether oxygens (including phenoxy) is 1. The van der Waals surface area contributed by atoms with E-state index in [0.717, 1.165) is 0 Å². The van der Waals surface area contributed by atoms with Crippen molar-refractivity contribution in [2.24, 2.45) is 0 Å². The van der Waals surface area contributed by atoms with Crippen molar-refractivity contribution < 1.29 is 9.66 Å². The van der Waals surface area contributed by atoms with Crippen LogP contribution in [0.15, 0.2) is 36.5 Å². The average molecular weight is 299 g/mol. The van der Waals surface area contributed by atoms with Crippen LogP contribution in [0.2, 0.25) is 10.0 Å². The Balaban J connectivity index is 2.22. The van der Waals surface area contributed by atoms with Crippen LogP contribution >= 0.6 is 23.2 Å². The van der Waals surface area contributed by atoms with Gasteiger partial charge in [0.1, 0.15) is 6.61 Å². The average Bonchev–Trinajstić information content (AvgIpc) is 2.38. The molecule has 19 heavy (non-hydrogen) atoms. The molecule has 0 N–H and O–H groups in total. The van der Waals surface area contributed by atoms with Crippen LogP contribution in [0, 0.1) is 10.1 Å². The van der Waals surface area contributed by atoms with E-state index in [0.29, 0.717) is 15.6 Å². The lowest BCUT2D eigenvalue weighted by Crippen LogP contribution is -2.01. The molecule has 0 aliphatic rings. The lowest BCUT2D eigenvalue weighted by atomic mass is 10.2. The first-order chi connectivity index (χ1) is 9.09. The molecule has 2 rings (SSSR count). The zero-order valence-corrected chi connectivity index (χ0v) is 11.1. The van der Waals surface area contributed by atoms with Gasteiger partial charge >= 0.3 is 5.69 Å². The van der Waals surface area contributed by atoms with E-state index in [1.54, 1.807) is 18.2 Å². The number of benzene rings is 1. The second-order valence-corrected chi connectivity index (χ2v) is 4.39. The molecule has 2 aromatic rings. The molecule has 0 unspecified atom stereocenters. The molecule has 98 valence electrons. The SMILES string of the molecule is O=[N+]([O-])c1cccnc1OCc1c(Cl)cccc1Cl. The van der Waals surface area contributed by atoms with E-state index in [-0.39, 0.29) is 18.2 Å². The summed E-state index contributed by atoms with van der Waals surface area (Å²) in [5.74, 6) is -0.0662. The molecule has 1 aromatic carbocycles. The molecule has 1 aromatic heterocycles. The summed E-state index contributed by atoms with van der Waals surface area (Å²) in [6.45, 7) is 0.0103. The van der Waals surface area contributed by atoms with E-state index in [1.165, 1.54) is 18.3 Å².